The molecule has 12 heavy (non-hydrogen) atoms. The van der Waals surface area contributed by atoms with Gasteiger partial charge in [0.15, 0.2) is 0 Å². The Morgan fingerprint density at radius 1 is 1.33 bits per heavy atom. The Balaban J connectivity index is 0.00000121. The van der Waals surface area contributed by atoms with Crippen molar-refractivity contribution in [3.05, 3.63) is 35.9 Å². The molecule has 0 atom stereocenters. The van der Waals surface area contributed by atoms with Gasteiger partial charge in [-0.1, -0.05) is 30.3 Å². The minimum Gasteiger partial charge on any atom is -0.450 e. The van der Waals surface area contributed by atoms with Gasteiger partial charge in [0.25, 0.3) is 0 Å². The lowest BCUT2D eigenvalue weighted by Crippen LogP contribution is -1.99. The van der Waals surface area contributed by atoms with Gasteiger partial charge in [-0.15, -0.1) is 12.4 Å². The smallest absolute Gasteiger partial charge is 0.450 e. The summed E-state index contributed by atoms with van der Waals surface area (Å²) in [6.45, 7) is 0.121. The number of rotatable bonds is 2. The predicted molar refractivity (Wildman–Crippen MR) is 46.5 cm³/mol. The fraction of sp³-hybridized carbons (Fsp3) is 0.125. The lowest BCUT2D eigenvalue weighted by Gasteiger charge is -1.98. The largest absolute Gasteiger partial charge is 0.506 e. The number of hydrogen-bond donors (Lipinski definition) is 1. The first-order chi connectivity index (χ1) is 5.29. The van der Waals surface area contributed by atoms with Crippen molar-refractivity contribution in [3.8, 4) is 0 Å². The lowest BCUT2D eigenvalue weighted by atomic mass is 10.2. The van der Waals surface area contributed by atoms with Crippen LogP contribution in [-0.4, -0.2) is 11.3 Å². The average molecular weight is 189 g/mol. The Hall–Kier alpha value is -1.22. The van der Waals surface area contributed by atoms with Gasteiger partial charge in [-0.3, -0.25) is 0 Å². The van der Waals surface area contributed by atoms with Crippen LogP contribution in [0.25, 0.3) is 0 Å². The Morgan fingerprint density at radius 3 is 2.42 bits per heavy atom. The highest BCUT2D eigenvalue weighted by Crippen LogP contribution is 1.99. The normalized spacial score (nSPS) is 8.33. The van der Waals surface area contributed by atoms with Crippen LogP contribution in [0.15, 0.2) is 30.3 Å². The fourth-order valence-corrected chi connectivity index (χ4v) is 0.719. The SMILES string of the molecule is Cl.O=C(O)OCc1ccccc1. The maximum Gasteiger partial charge on any atom is 0.506 e. The Bertz CT molecular complexity index is 235. The molecule has 0 fully saturated rings. The van der Waals surface area contributed by atoms with Crippen LogP contribution in [0.5, 0.6) is 0 Å². The van der Waals surface area contributed by atoms with E-state index in [1.54, 1.807) is 0 Å². The van der Waals surface area contributed by atoms with Gasteiger partial charge in [-0.2, -0.15) is 0 Å². The monoisotopic (exact) mass is 188 g/mol. The Kier molecular flexibility index (Phi) is 4.88. The highest BCUT2D eigenvalue weighted by molar-refractivity contribution is 5.85. The first kappa shape index (κ1) is 10.8. The second-order valence-corrected chi connectivity index (χ2v) is 2.04. The van der Waals surface area contributed by atoms with Crippen molar-refractivity contribution in [3.63, 3.8) is 0 Å². The molecule has 0 unspecified atom stereocenters. The van der Waals surface area contributed by atoms with Crippen LogP contribution >= 0.6 is 12.4 Å². The molecular weight excluding hydrogens is 180 g/mol. The number of ether oxygens (including phenoxy) is 1. The van der Waals surface area contributed by atoms with Gasteiger partial charge in [0.05, 0.1) is 0 Å². The molecule has 4 heteroatoms. The molecule has 0 bridgehead atoms. The van der Waals surface area contributed by atoms with Gasteiger partial charge in [-0.05, 0) is 5.56 Å². The third kappa shape index (κ3) is 3.83. The summed E-state index contributed by atoms with van der Waals surface area (Å²) >= 11 is 0. The highest BCUT2D eigenvalue weighted by Gasteiger charge is 1.95. The summed E-state index contributed by atoms with van der Waals surface area (Å²) in [5.41, 5.74) is 0.856. The molecule has 0 spiro atoms. The van der Waals surface area contributed by atoms with Gasteiger partial charge >= 0.3 is 6.16 Å². The molecule has 1 rings (SSSR count). The number of hydrogen-bond acceptors (Lipinski definition) is 2. The molecular formula is C8H9ClO3. The van der Waals surface area contributed by atoms with Crippen molar-refractivity contribution in [1.82, 2.24) is 0 Å². The number of carbonyl (C=O) groups is 1. The zero-order chi connectivity index (χ0) is 8.10. The summed E-state index contributed by atoms with van der Waals surface area (Å²) in [6.07, 6.45) is -1.24. The number of halogens is 1. The minimum atomic E-state index is -1.24. The topological polar surface area (TPSA) is 46.5 Å². The summed E-state index contributed by atoms with van der Waals surface area (Å²) < 4.78 is 4.34. The van der Waals surface area contributed by atoms with E-state index < -0.39 is 6.16 Å². The van der Waals surface area contributed by atoms with E-state index in [1.807, 2.05) is 30.3 Å². The van der Waals surface area contributed by atoms with E-state index in [-0.39, 0.29) is 19.0 Å². The molecule has 0 aliphatic carbocycles. The average Bonchev–Trinajstić information content (AvgIpc) is 2.03. The van der Waals surface area contributed by atoms with E-state index in [0.717, 1.165) is 5.56 Å². The van der Waals surface area contributed by atoms with Crippen LogP contribution in [0.1, 0.15) is 5.56 Å². The Morgan fingerprint density at radius 2 is 1.92 bits per heavy atom. The fourth-order valence-electron chi connectivity index (χ4n) is 0.719. The van der Waals surface area contributed by atoms with Gasteiger partial charge in [0.2, 0.25) is 0 Å². The minimum absolute atomic E-state index is 0. The van der Waals surface area contributed by atoms with Crippen LogP contribution in [0, 0.1) is 0 Å². The van der Waals surface area contributed by atoms with Crippen LogP contribution in [0.4, 0.5) is 4.79 Å². The second kappa shape index (κ2) is 5.43. The molecule has 0 aliphatic heterocycles. The maximum absolute atomic E-state index is 9.95. The molecule has 1 N–H and O–H groups in total. The van der Waals surface area contributed by atoms with Crippen molar-refractivity contribution in [2.75, 3.05) is 0 Å². The summed E-state index contributed by atoms with van der Waals surface area (Å²) in [4.78, 5) is 9.95. The van der Waals surface area contributed by atoms with Crippen LogP contribution < -0.4 is 0 Å². The van der Waals surface area contributed by atoms with Gasteiger partial charge in [0.1, 0.15) is 6.61 Å². The van der Waals surface area contributed by atoms with E-state index in [1.165, 1.54) is 0 Å². The summed E-state index contributed by atoms with van der Waals surface area (Å²) in [5.74, 6) is 0. The maximum atomic E-state index is 9.95. The van der Waals surface area contributed by atoms with Crippen molar-refractivity contribution in [1.29, 1.82) is 0 Å². The molecule has 3 nitrogen and oxygen atoms in total. The molecule has 1 aromatic rings. The van der Waals surface area contributed by atoms with E-state index in [2.05, 4.69) is 4.74 Å². The van der Waals surface area contributed by atoms with Crippen LogP contribution in [0.2, 0.25) is 0 Å². The van der Waals surface area contributed by atoms with Gasteiger partial charge in [0, 0.05) is 0 Å². The van der Waals surface area contributed by atoms with E-state index >= 15 is 0 Å². The van der Waals surface area contributed by atoms with E-state index in [0.29, 0.717) is 0 Å². The second-order valence-electron chi connectivity index (χ2n) is 2.04. The van der Waals surface area contributed by atoms with Crippen molar-refractivity contribution in [2.45, 2.75) is 6.61 Å². The zero-order valence-corrected chi connectivity index (χ0v) is 7.08. The van der Waals surface area contributed by atoms with Crippen molar-refractivity contribution in [2.24, 2.45) is 0 Å². The molecule has 0 saturated heterocycles. The molecule has 0 amide bonds. The van der Waals surface area contributed by atoms with Crippen molar-refractivity contribution >= 4 is 18.6 Å². The van der Waals surface area contributed by atoms with E-state index in [4.69, 9.17) is 5.11 Å². The number of benzene rings is 1. The predicted octanol–water partition coefficient (Wildman–Crippen LogP) is 2.30. The molecule has 0 radical (unpaired) electrons. The summed E-state index contributed by atoms with van der Waals surface area (Å²) in [6, 6.07) is 9.15. The van der Waals surface area contributed by atoms with Crippen LogP contribution in [-0.2, 0) is 11.3 Å². The summed E-state index contributed by atoms with van der Waals surface area (Å²) in [7, 11) is 0. The zero-order valence-electron chi connectivity index (χ0n) is 6.27. The van der Waals surface area contributed by atoms with Crippen LogP contribution in [0.3, 0.4) is 0 Å². The molecule has 0 aliphatic rings. The molecule has 0 saturated carbocycles. The van der Waals surface area contributed by atoms with Gasteiger partial charge in [-0.25, -0.2) is 4.79 Å². The first-order valence-corrected chi connectivity index (χ1v) is 3.18. The third-order valence-corrected chi connectivity index (χ3v) is 1.21. The van der Waals surface area contributed by atoms with E-state index in [9.17, 15) is 4.79 Å². The third-order valence-electron chi connectivity index (χ3n) is 1.21. The quantitative estimate of drug-likeness (QED) is 0.725. The molecule has 0 heterocycles. The molecule has 66 valence electrons. The van der Waals surface area contributed by atoms with Gasteiger partial charge < -0.3 is 9.84 Å². The Labute approximate surface area is 76.4 Å². The highest BCUT2D eigenvalue weighted by atomic mass is 35.5. The first-order valence-electron chi connectivity index (χ1n) is 3.18. The lowest BCUT2D eigenvalue weighted by molar-refractivity contribution is 0.0854. The molecule has 1 aromatic carbocycles. The number of carboxylic acid groups (broad SMARTS) is 1. The van der Waals surface area contributed by atoms with Crippen molar-refractivity contribution < 1.29 is 14.6 Å². The summed E-state index contributed by atoms with van der Waals surface area (Å²) in [5, 5.41) is 8.15. The molecule has 0 aromatic heterocycles. The standard InChI is InChI=1S/C8H8O3.ClH/c9-8(10)11-6-7-4-2-1-3-5-7;/h1-5H,6H2,(H,9,10);1H.